The van der Waals surface area contributed by atoms with Crippen LogP contribution in [-0.2, 0) is 4.79 Å². The van der Waals surface area contributed by atoms with Crippen LogP contribution in [0.3, 0.4) is 0 Å². The Morgan fingerprint density at radius 3 is 2.65 bits per heavy atom. The molecule has 6 heteroatoms. The van der Waals surface area contributed by atoms with Crippen LogP contribution in [0.25, 0.3) is 0 Å². The lowest BCUT2D eigenvalue weighted by Crippen LogP contribution is -2.34. The molecule has 112 valence electrons. The molecule has 0 radical (unpaired) electrons. The molecule has 20 heavy (non-hydrogen) atoms. The van der Waals surface area contributed by atoms with Gasteiger partial charge in [-0.05, 0) is 31.9 Å². The predicted molar refractivity (Wildman–Crippen MR) is 80.8 cm³/mol. The minimum absolute atomic E-state index is 0.0803. The second kappa shape index (κ2) is 7.57. The summed E-state index contributed by atoms with van der Waals surface area (Å²) in [6.07, 6.45) is 0. The first-order chi connectivity index (χ1) is 9.38. The van der Waals surface area contributed by atoms with Gasteiger partial charge in [-0.3, -0.25) is 4.79 Å². The molecule has 4 N–H and O–H groups in total. The molecule has 6 nitrogen and oxygen atoms in total. The van der Waals surface area contributed by atoms with Crippen LogP contribution >= 0.6 is 0 Å². The van der Waals surface area contributed by atoms with Crippen molar-refractivity contribution < 1.29 is 9.53 Å². The normalized spacial score (nSPS) is 10.7. The number of carbonyl (C=O) groups excluding carboxylic acids is 1. The summed E-state index contributed by atoms with van der Waals surface area (Å²) in [6, 6.07) is 3.56. The molecule has 1 aromatic heterocycles. The zero-order chi connectivity index (χ0) is 15.1. The molecule has 0 aromatic carbocycles. The van der Waals surface area contributed by atoms with E-state index in [1.54, 1.807) is 12.1 Å². The van der Waals surface area contributed by atoms with E-state index in [0.717, 1.165) is 0 Å². The average molecular weight is 280 g/mol. The molecule has 0 atom stereocenters. The number of nitrogen functional groups attached to an aromatic ring is 1. The van der Waals surface area contributed by atoms with E-state index in [1.165, 1.54) is 0 Å². The molecule has 1 aromatic rings. The first-order valence-corrected chi connectivity index (χ1v) is 6.81. The van der Waals surface area contributed by atoms with Crippen LogP contribution < -0.4 is 21.1 Å². The van der Waals surface area contributed by atoms with E-state index in [4.69, 9.17) is 10.5 Å². The van der Waals surface area contributed by atoms with Gasteiger partial charge in [-0.15, -0.1) is 0 Å². The van der Waals surface area contributed by atoms with Crippen LogP contribution in [0.15, 0.2) is 12.1 Å². The van der Waals surface area contributed by atoms with Crippen LogP contribution in [0.4, 0.5) is 11.5 Å². The van der Waals surface area contributed by atoms with E-state index in [2.05, 4.69) is 29.5 Å². The molecule has 0 bridgehead atoms. The maximum atomic E-state index is 11.5. The number of hydrogen-bond acceptors (Lipinski definition) is 5. The monoisotopic (exact) mass is 280 g/mol. The van der Waals surface area contributed by atoms with E-state index in [0.29, 0.717) is 29.9 Å². The maximum Gasteiger partial charge on any atom is 0.239 e. The molecule has 0 aliphatic rings. The number of carbonyl (C=O) groups is 1. The summed E-state index contributed by atoms with van der Waals surface area (Å²) >= 11 is 0. The van der Waals surface area contributed by atoms with Gasteiger partial charge in [0, 0.05) is 6.04 Å². The standard InChI is InChI=1S/C14H24N4O2/c1-9(2)8-20-14-11(15)5-6-12(18-14)16-7-13(19)17-10(3)4/h5-6,9-10H,7-8,15H2,1-4H3,(H,16,18)(H,17,19). The highest BCUT2D eigenvalue weighted by atomic mass is 16.5. The topological polar surface area (TPSA) is 89.3 Å². The number of anilines is 2. The van der Waals surface area contributed by atoms with E-state index < -0.39 is 0 Å². The average Bonchev–Trinajstić information content (AvgIpc) is 2.35. The van der Waals surface area contributed by atoms with Crippen molar-refractivity contribution in [2.45, 2.75) is 33.7 Å². The molecule has 0 fully saturated rings. The SMILES string of the molecule is CC(C)COc1nc(NCC(=O)NC(C)C)ccc1N. The van der Waals surface area contributed by atoms with Gasteiger partial charge in [-0.1, -0.05) is 13.8 Å². The van der Waals surface area contributed by atoms with Gasteiger partial charge in [0.2, 0.25) is 11.8 Å². The minimum atomic E-state index is -0.0803. The highest BCUT2D eigenvalue weighted by Gasteiger charge is 2.07. The van der Waals surface area contributed by atoms with Crippen molar-refractivity contribution in [1.82, 2.24) is 10.3 Å². The van der Waals surface area contributed by atoms with E-state index in [1.807, 2.05) is 13.8 Å². The van der Waals surface area contributed by atoms with Crippen LogP contribution in [0.5, 0.6) is 5.88 Å². The van der Waals surface area contributed by atoms with Gasteiger partial charge in [0.25, 0.3) is 0 Å². The van der Waals surface area contributed by atoms with E-state index >= 15 is 0 Å². The summed E-state index contributed by atoms with van der Waals surface area (Å²) in [4.78, 5) is 15.8. The van der Waals surface area contributed by atoms with Gasteiger partial charge in [-0.25, -0.2) is 0 Å². The summed E-state index contributed by atoms with van der Waals surface area (Å²) in [7, 11) is 0. The van der Waals surface area contributed by atoms with Crippen LogP contribution in [0, 0.1) is 5.92 Å². The third kappa shape index (κ3) is 5.77. The highest BCUT2D eigenvalue weighted by Crippen LogP contribution is 2.21. The van der Waals surface area contributed by atoms with Crippen molar-refractivity contribution in [2.75, 3.05) is 24.2 Å². The molecule has 0 aliphatic heterocycles. The molecule has 0 saturated heterocycles. The molecule has 0 unspecified atom stereocenters. The Morgan fingerprint density at radius 2 is 2.05 bits per heavy atom. The molecule has 0 saturated carbocycles. The van der Waals surface area contributed by atoms with Crippen molar-refractivity contribution in [3.05, 3.63) is 12.1 Å². The molecule has 0 aliphatic carbocycles. The van der Waals surface area contributed by atoms with E-state index in [-0.39, 0.29) is 18.5 Å². The fourth-order valence-electron chi connectivity index (χ4n) is 1.45. The van der Waals surface area contributed by atoms with Crippen molar-refractivity contribution in [3.63, 3.8) is 0 Å². The number of hydrogen-bond donors (Lipinski definition) is 3. The number of rotatable bonds is 7. The van der Waals surface area contributed by atoms with Crippen molar-refractivity contribution in [2.24, 2.45) is 5.92 Å². The highest BCUT2D eigenvalue weighted by molar-refractivity contribution is 5.80. The number of aromatic nitrogens is 1. The third-order valence-corrected chi connectivity index (χ3v) is 2.32. The smallest absolute Gasteiger partial charge is 0.239 e. The molecule has 1 heterocycles. The van der Waals surface area contributed by atoms with Gasteiger partial charge in [-0.2, -0.15) is 4.98 Å². The lowest BCUT2D eigenvalue weighted by molar-refractivity contribution is -0.119. The van der Waals surface area contributed by atoms with Crippen LogP contribution in [0.1, 0.15) is 27.7 Å². The second-order valence-corrected chi connectivity index (χ2v) is 5.37. The fraction of sp³-hybridized carbons (Fsp3) is 0.571. The summed E-state index contributed by atoms with van der Waals surface area (Å²) in [5.41, 5.74) is 6.29. The first-order valence-electron chi connectivity index (χ1n) is 6.81. The van der Waals surface area contributed by atoms with Gasteiger partial charge in [0.15, 0.2) is 0 Å². The van der Waals surface area contributed by atoms with Gasteiger partial charge in [0.05, 0.1) is 18.8 Å². The summed E-state index contributed by atoms with van der Waals surface area (Å²) < 4.78 is 5.53. The molecular formula is C14H24N4O2. The Morgan fingerprint density at radius 1 is 1.35 bits per heavy atom. The number of nitrogens with one attached hydrogen (secondary N) is 2. The molecule has 1 amide bonds. The molecule has 0 spiro atoms. The Bertz CT molecular complexity index is 447. The van der Waals surface area contributed by atoms with Crippen molar-refractivity contribution >= 4 is 17.4 Å². The largest absolute Gasteiger partial charge is 0.476 e. The summed E-state index contributed by atoms with van der Waals surface area (Å²) in [5, 5.41) is 5.74. The van der Waals surface area contributed by atoms with Gasteiger partial charge < -0.3 is 21.1 Å². The Labute approximate surface area is 120 Å². The number of amides is 1. The second-order valence-electron chi connectivity index (χ2n) is 5.37. The van der Waals surface area contributed by atoms with Crippen molar-refractivity contribution in [1.29, 1.82) is 0 Å². The molecule has 1 rings (SSSR count). The maximum absolute atomic E-state index is 11.5. The fourth-order valence-corrected chi connectivity index (χ4v) is 1.45. The Kier molecular flexibility index (Phi) is 6.09. The van der Waals surface area contributed by atoms with E-state index in [9.17, 15) is 4.79 Å². The Hall–Kier alpha value is -1.98. The number of nitrogens with two attached hydrogens (primary N) is 1. The van der Waals surface area contributed by atoms with Gasteiger partial charge in [0.1, 0.15) is 5.82 Å². The summed E-state index contributed by atoms with van der Waals surface area (Å²) in [5.74, 6) is 1.28. The number of pyridine rings is 1. The minimum Gasteiger partial charge on any atom is -0.476 e. The van der Waals surface area contributed by atoms with Crippen molar-refractivity contribution in [3.8, 4) is 5.88 Å². The first kappa shape index (κ1) is 16.1. The van der Waals surface area contributed by atoms with Crippen LogP contribution in [0.2, 0.25) is 0 Å². The zero-order valence-electron chi connectivity index (χ0n) is 12.6. The third-order valence-electron chi connectivity index (χ3n) is 2.32. The lowest BCUT2D eigenvalue weighted by Gasteiger charge is -2.13. The van der Waals surface area contributed by atoms with Crippen LogP contribution in [-0.4, -0.2) is 30.1 Å². The molecular weight excluding hydrogens is 256 g/mol. The number of ether oxygens (including phenoxy) is 1. The Balaban J connectivity index is 2.58. The predicted octanol–water partition coefficient (Wildman–Crippen LogP) is 1.64. The lowest BCUT2D eigenvalue weighted by atomic mass is 10.2. The zero-order valence-corrected chi connectivity index (χ0v) is 12.6. The quantitative estimate of drug-likeness (QED) is 0.706. The summed E-state index contributed by atoms with van der Waals surface area (Å²) in [6.45, 7) is 8.64. The number of nitrogens with zero attached hydrogens (tertiary/aromatic N) is 1. The van der Waals surface area contributed by atoms with Gasteiger partial charge >= 0.3 is 0 Å².